The molecule has 1 N–H and O–H groups in total. The third kappa shape index (κ3) is 3.19. The minimum atomic E-state index is -0.515. The zero-order chi connectivity index (χ0) is 17.8. The van der Waals surface area contributed by atoms with Gasteiger partial charge in [0.1, 0.15) is 11.8 Å². The molecule has 0 radical (unpaired) electrons. The number of carbonyl (C=O) groups excluding carboxylic acids is 1. The summed E-state index contributed by atoms with van der Waals surface area (Å²) >= 11 is 0. The van der Waals surface area contributed by atoms with Gasteiger partial charge in [0.15, 0.2) is 0 Å². The van der Waals surface area contributed by atoms with Gasteiger partial charge in [0.05, 0.1) is 18.8 Å². The first-order chi connectivity index (χ1) is 12.2. The lowest BCUT2D eigenvalue weighted by Gasteiger charge is -2.28. The van der Waals surface area contributed by atoms with Crippen molar-refractivity contribution in [2.24, 2.45) is 0 Å². The van der Waals surface area contributed by atoms with Gasteiger partial charge in [-0.1, -0.05) is 30.2 Å². The average molecular weight is 343 g/mol. The van der Waals surface area contributed by atoms with Crippen molar-refractivity contribution in [3.8, 4) is 5.75 Å². The number of allylic oxidation sites excluding steroid dienone is 1. The van der Waals surface area contributed by atoms with Crippen molar-refractivity contribution in [2.75, 3.05) is 18.5 Å². The van der Waals surface area contributed by atoms with Crippen molar-refractivity contribution in [3.05, 3.63) is 41.1 Å². The number of hydrogen-bond donors (Lipinski definition) is 1. The van der Waals surface area contributed by atoms with E-state index in [0.717, 1.165) is 12.0 Å². The Morgan fingerprint density at radius 2 is 2.12 bits per heavy atom. The van der Waals surface area contributed by atoms with Gasteiger partial charge >= 0.3 is 5.97 Å². The minimum absolute atomic E-state index is 0.359. The Labute approximate surface area is 145 Å². The number of anilines is 1. The number of nitrogens with one attached hydrogen (secondary N) is 1. The molecule has 0 saturated heterocycles. The largest absolute Gasteiger partial charge is 0.494 e. The maximum atomic E-state index is 12.7. The van der Waals surface area contributed by atoms with E-state index in [1.165, 1.54) is 0 Å². The number of tetrazole rings is 1. The van der Waals surface area contributed by atoms with Crippen molar-refractivity contribution < 1.29 is 14.3 Å². The van der Waals surface area contributed by atoms with Crippen LogP contribution in [0.15, 0.2) is 35.5 Å². The summed E-state index contributed by atoms with van der Waals surface area (Å²) in [7, 11) is 0. The lowest BCUT2D eigenvalue weighted by molar-refractivity contribution is -0.139. The van der Waals surface area contributed by atoms with Crippen LogP contribution in [0, 0.1) is 0 Å². The summed E-state index contributed by atoms with van der Waals surface area (Å²) in [5.74, 6) is 0.775. The van der Waals surface area contributed by atoms with Crippen LogP contribution in [0.1, 0.15) is 38.8 Å². The molecule has 0 saturated carbocycles. The third-order valence-electron chi connectivity index (χ3n) is 3.88. The molecule has 1 aliphatic rings. The van der Waals surface area contributed by atoms with Gasteiger partial charge in [-0.15, -0.1) is 0 Å². The van der Waals surface area contributed by atoms with E-state index in [9.17, 15) is 4.79 Å². The van der Waals surface area contributed by atoms with Gasteiger partial charge in [0.25, 0.3) is 0 Å². The molecule has 0 bridgehead atoms. The Bertz CT molecular complexity index is 799. The van der Waals surface area contributed by atoms with Crippen LogP contribution in [0.4, 0.5) is 5.95 Å². The molecule has 25 heavy (non-hydrogen) atoms. The van der Waals surface area contributed by atoms with Gasteiger partial charge in [-0.2, -0.15) is 4.68 Å². The van der Waals surface area contributed by atoms with Gasteiger partial charge in [-0.05, 0) is 36.8 Å². The molecule has 1 aromatic carbocycles. The fourth-order valence-corrected chi connectivity index (χ4v) is 2.83. The zero-order valence-corrected chi connectivity index (χ0v) is 14.5. The first-order valence-corrected chi connectivity index (χ1v) is 8.31. The molecule has 0 fully saturated rings. The van der Waals surface area contributed by atoms with Gasteiger partial charge < -0.3 is 14.8 Å². The van der Waals surface area contributed by atoms with E-state index in [-0.39, 0.29) is 5.97 Å². The molecule has 1 aromatic heterocycles. The van der Waals surface area contributed by atoms with Crippen molar-refractivity contribution in [1.82, 2.24) is 20.2 Å². The molecule has 2 heterocycles. The summed E-state index contributed by atoms with van der Waals surface area (Å²) in [4.78, 5) is 12.7. The molecule has 2 aromatic rings. The molecule has 1 aliphatic heterocycles. The van der Waals surface area contributed by atoms with Gasteiger partial charge in [-0.25, -0.2) is 4.79 Å². The van der Waals surface area contributed by atoms with E-state index >= 15 is 0 Å². The molecular weight excluding hydrogens is 322 g/mol. The minimum Gasteiger partial charge on any atom is -0.494 e. The van der Waals surface area contributed by atoms with Crippen LogP contribution in [0.2, 0.25) is 0 Å². The second-order valence-electron chi connectivity index (χ2n) is 5.62. The molecule has 0 spiro atoms. The van der Waals surface area contributed by atoms with Crippen molar-refractivity contribution >= 4 is 11.9 Å². The van der Waals surface area contributed by atoms with Crippen LogP contribution in [0.3, 0.4) is 0 Å². The van der Waals surface area contributed by atoms with Gasteiger partial charge in [0, 0.05) is 11.3 Å². The number of esters is 1. The first-order valence-electron chi connectivity index (χ1n) is 8.31. The molecule has 8 heteroatoms. The summed E-state index contributed by atoms with van der Waals surface area (Å²) in [5, 5.41) is 14.8. The number of ether oxygens (including phenoxy) is 2. The normalized spacial score (nSPS) is 16.2. The van der Waals surface area contributed by atoms with E-state index in [1.807, 2.05) is 45.0 Å². The van der Waals surface area contributed by atoms with Crippen molar-refractivity contribution in [1.29, 1.82) is 0 Å². The lowest BCUT2D eigenvalue weighted by atomic mass is 9.95. The van der Waals surface area contributed by atoms with E-state index in [0.29, 0.717) is 36.2 Å². The lowest BCUT2D eigenvalue weighted by Crippen LogP contribution is -2.30. The highest BCUT2D eigenvalue weighted by Gasteiger charge is 2.36. The quantitative estimate of drug-likeness (QED) is 0.805. The second kappa shape index (κ2) is 7.33. The number of aromatic nitrogens is 4. The standard InChI is InChI=1S/C17H21N5O3/c1-4-10-25-16(23)14-11(3)18-17-19-20-21-22(17)15(14)12-8-6-7-9-13(12)24-5-2/h6-9,15H,4-5,10H2,1-3H3,(H,18,19,21)/t15-/m0/s1. The molecule has 3 rings (SSSR count). The Morgan fingerprint density at radius 3 is 2.88 bits per heavy atom. The Hall–Kier alpha value is -2.90. The molecular formula is C17H21N5O3. The van der Waals surface area contributed by atoms with Crippen LogP contribution in [0.5, 0.6) is 5.75 Å². The Balaban J connectivity index is 2.11. The highest BCUT2D eigenvalue weighted by molar-refractivity contribution is 5.92. The highest BCUT2D eigenvalue weighted by Crippen LogP contribution is 2.38. The number of carbonyl (C=O) groups is 1. The van der Waals surface area contributed by atoms with E-state index in [2.05, 4.69) is 20.8 Å². The topological polar surface area (TPSA) is 91.2 Å². The van der Waals surface area contributed by atoms with Gasteiger partial charge in [-0.3, -0.25) is 0 Å². The van der Waals surface area contributed by atoms with Crippen molar-refractivity contribution in [3.63, 3.8) is 0 Å². The number of benzene rings is 1. The van der Waals surface area contributed by atoms with E-state index in [4.69, 9.17) is 9.47 Å². The Kier molecular flexibility index (Phi) is 4.97. The summed E-state index contributed by atoms with van der Waals surface area (Å²) in [6.45, 7) is 6.56. The van der Waals surface area contributed by atoms with Crippen LogP contribution >= 0.6 is 0 Å². The SMILES string of the molecule is CCCOC(=O)C1=C(C)Nc2nnnn2[C@H]1c1ccccc1OCC. The number of para-hydroxylation sites is 1. The fraction of sp³-hybridized carbons (Fsp3) is 0.412. The third-order valence-corrected chi connectivity index (χ3v) is 3.88. The predicted molar refractivity (Wildman–Crippen MR) is 91.1 cm³/mol. The monoisotopic (exact) mass is 343 g/mol. The maximum absolute atomic E-state index is 12.7. The highest BCUT2D eigenvalue weighted by atomic mass is 16.5. The number of hydrogen-bond acceptors (Lipinski definition) is 7. The predicted octanol–water partition coefficient (Wildman–Crippen LogP) is 2.31. The Morgan fingerprint density at radius 1 is 1.32 bits per heavy atom. The molecule has 1 atom stereocenters. The molecule has 132 valence electrons. The summed E-state index contributed by atoms with van der Waals surface area (Å²) in [6, 6.07) is 7.05. The fourth-order valence-electron chi connectivity index (χ4n) is 2.83. The number of nitrogens with zero attached hydrogens (tertiary/aromatic N) is 4. The van der Waals surface area contributed by atoms with Crippen LogP contribution in [-0.4, -0.2) is 39.4 Å². The number of rotatable bonds is 6. The van der Waals surface area contributed by atoms with Gasteiger partial charge in [0.2, 0.25) is 5.95 Å². The molecule has 0 aliphatic carbocycles. The van der Waals surface area contributed by atoms with Crippen LogP contribution < -0.4 is 10.1 Å². The average Bonchev–Trinajstić information content (AvgIpc) is 3.07. The zero-order valence-electron chi connectivity index (χ0n) is 14.5. The number of fused-ring (bicyclic) bond motifs is 1. The summed E-state index contributed by atoms with van der Waals surface area (Å²) in [6.07, 6.45) is 0.752. The first kappa shape index (κ1) is 16.9. The second-order valence-corrected chi connectivity index (χ2v) is 5.62. The smallest absolute Gasteiger partial charge is 0.338 e. The van der Waals surface area contributed by atoms with E-state index < -0.39 is 6.04 Å². The molecule has 0 unspecified atom stereocenters. The molecule has 0 amide bonds. The van der Waals surface area contributed by atoms with E-state index in [1.54, 1.807) is 4.68 Å². The molecule has 8 nitrogen and oxygen atoms in total. The summed E-state index contributed by atoms with van der Waals surface area (Å²) < 4.78 is 12.7. The van der Waals surface area contributed by atoms with Crippen LogP contribution in [0.25, 0.3) is 0 Å². The maximum Gasteiger partial charge on any atom is 0.338 e. The van der Waals surface area contributed by atoms with Crippen LogP contribution in [-0.2, 0) is 9.53 Å². The van der Waals surface area contributed by atoms with Crippen molar-refractivity contribution in [2.45, 2.75) is 33.2 Å². The summed E-state index contributed by atoms with van der Waals surface area (Å²) in [5.41, 5.74) is 1.95.